The molecule has 1 spiro atoms. The average Bonchev–Trinajstić information content (AvgIpc) is 2.80. The van der Waals surface area contributed by atoms with Crippen LogP contribution in [-0.4, -0.2) is 37.5 Å². The third-order valence-electron chi connectivity index (χ3n) is 5.54. The Hall–Kier alpha value is -0.120. The van der Waals surface area contributed by atoms with Gasteiger partial charge in [0.05, 0.1) is 11.7 Å². The summed E-state index contributed by atoms with van der Waals surface area (Å²) in [6, 6.07) is 0.531. The van der Waals surface area contributed by atoms with Gasteiger partial charge < -0.3 is 14.8 Å². The standard InChI is InChI=1S/C16H29NO2/c1-3-17-14(15-12(2)5-9-18-15)13-6-10-19-16(11-13)7-4-8-16/h12-15,17H,3-11H2,1-2H3. The Labute approximate surface area is 117 Å². The van der Waals surface area contributed by atoms with Gasteiger partial charge in [-0.3, -0.25) is 0 Å². The maximum absolute atomic E-state index is 6.08. The van der Waals surface area contributed by atoms with E-state index in [-0.39, 0.29) is 5.60 Å². The molecule has 4 atom stereocenters. The van der Waals surface area contributed by atoms with Gasteiger partial charge >= 0.3 is 0 Å². The molecule has 4 unspecified atom stereocenters. The van der Waals surface area contributed by atoms with Crippen LogP contribution in [0.3, 0.4) is 0 Å². The number of likely N-dealkylation sites (N-methyl/N-ethyl adjacent to an activating group) is 1. The van der Waals surface area contributed by atoms with Gasteiger partial charge in [-0.2, -0.15) is 0 Å². The molecular formula is C16H29NO2. The number of hydrogen-bond donors (Lipinski definition) is 1. The Kier molecular flexibility index (Phi) is 4.16. The summed E-state index contributed by atoms with van der Waals surface area (Å²) < 4.78 is 12.1. The predicted molar refractivity (Wildman–Crippen MR) is 76.2 cm³/mol. The highest BCUT2D eigenvalue weighted by Gasteiger charge is 2.46. The molecule has 1 saturated carbocycles. The number of hydrogen-bond acceptors (Lipinski definition) is 3. The normalized spacial score (nSPS) is 39.2. The molecule has 0 aromatic rings. The molecule has 19 heavy (non-hydrogen) atoms. The van der Waals surface area contributed by atoms with Gasteiger partial charge in [0, 0.05) is 19.3 Å². The van der Waals surface area contributed by atoms with E-state index in [0.717, 1.165) is 25.7 Å². The minimum atomic E-state index is 0.248. The summed E-state index contributed by atoms with van der Waals surface area (Å²) >= 11 is 0. The minimum Gasteiger partial charge on any atom is -0.376 e. The van der Waals surface area contributed by atoms with E-state index >= 15 is 0 Å². The van der Waals surface area contributed by atoms with Crippen molar-refractivity contribution in [1.82, 2.24) is 5.32 Å². The molecule has 1 N–H and O–H groups in total. The molecule has 110 valence electrons. The van der Waals surface area contributed by atoms with Crippen molar-refractivity contribution in [2.24, 2.45) is 11.8 Å². The highest BCUT2D eigenvalue weighted by atomic mass is 16.5. The lowest BCUT2D eigenvalue weighted by atomic mass is 9.69. The molecule has 2 heterocycles. The van der Waals surface area contributed by atoms with Crippen molar-refractivity contribution in [3.8, 4) is 0 Å². The molecule has 3 rings (SSSR count). The smallest absolute Gasteiger partial charge is 0.0757 e. The first-order valence-corrected chi connectivity index (χ1v) is 8.23. The van der Waals surface area contributed by atoms with E-state index in [2.05, 4.69) is 19.2 Å². The molecule has 3 nitrogen and oxygen atoms in total. The van der Waals surface area contributed by atoms with Crippen molar-refractivity contribution in [3.63, 3.8) is 0 Å². The Morgan fingerprint density at radius 2 is 2.11 bits per heavy atom. The monoisotopic (exact) mass is 267 g/mol. The van der Waals surface area contributed by atoms with Crippen LogP contribution < -0.4 is 5.32 Å². The van der Waals surface area contributed by atoms with Crippen LogP contribution >= 0.6 is 0 Å². The lowest BCUT2D eigenvalue weighted by Gasteiger charge is -2.49. The first-order valence-electron chi connectivity index (χ1n) is 8.23. The van der Waals surface area contributed by atoms with Gasteiger partial charge in [-0.25, -0.2) is 0 Å². The topological polar surface area (TPSA) is 30.5 Å². The summed E-state index contributed by atoms with van der Waals surface area (Å²) in [5.41, 5.74) is 0.248. The van der Waals surface area contributed by atoms with Gasteiger partial charge in [-0.05, 0) is 56.9 Å². The molecule has 0 radical (unpaired) electrons. The summed E-state index contributed by atoms with van der Waals surface area (Å²) in [7, 11) is 0. The summed E-state index contributed by atoms with van der Waals surface area (Å²) in [6.45, 7) is 7.50. The van der Waals surface area contributed by atoms with E-state index in [9.17, 15) is 0 Å². The Morgan fingerprint density at radius 1 is 1.26 bits per heavy atom. The van der Waals surface area contributed by atoms with E-state index in [1.807, 2.05) is 0 Å². The van der Waals surface area contributed by atoms with Crippen LogP contribution in [0.25, 0.3) is 0 Å². The zero-order valence-corrected chi connectivity index (χ0v) is 12.5. The average molecular weight is 267 g/mol. The highest BCUT2D eigenvalue weighted by molar-refractivity contribution is 4.99. The Balaban J connectivity index is 1.68. The van der Waals surface area contributed by atoms with Gasteiger partial charge in [0.15, 0.2) is 0 Å². The molecule has 3 heteroatoms. The first kappa shape index (κ1) is 13.8. The number of ether oxygens (including phenoxy) is 2. The van der Waals surface area contributed by atoms with E-state index in [4.69, 9.17) is 9.47 Å². The van der Waals surface area contributed by atoms with Crippen LogP contribution in [0, 0.1) is 11.8 Å². The molecule has 1 aliphatic carbocycles. The molecule has 2 aliphatic heterocycles. The molecule has 0 aromatic carbocycles. The molecule has 0 amide bonds. The van der Waals surface area contributed by atoms with E-state index in [1.165, 1.54) is 38.5 Å². The quantitative estimate of drug-likeness (QED) is 0.849. The molecule has 0 bridgehead atoms. The predicted octanol–water partition coefficient (Wildman–Crippen LogP) is 2.74. The number of rotatable bonds is 4. The van der Waals surface area contributed by atoms with Crippen LogP contribution in [0.4, 0.5) is 0 Å². The lowest BCUT2D eigenvalue weighted by molar-refractivity contribution is -0.152. The second kappa shape index (κ2) is 5.71. The lowest BCUT2D eigenvalue weighted by Crippen LogP contribution is -2.54. The fraction of sp³-hybridized carbons (Fsp3) is 1.00. The van der Waals surface area contributed by atoms with Crippen molar-refractivity contribution in [2.45, 2.75) is 70.1 Å². The second-order valence-electron chi connectivity index (χ2n) is 6.82. The van der Waals surface area contributed by atoms with Crippen molar-refractivity contribution < 1.29 is 9.47 Å². The second-order valence-corrected chi connectivity index (χ2v) is 6.82. The molecule has 3 aliphatic rings. The van der Waals surface area contributed by atoms with Crippen LogP contribution in [-0.2, 0) is 9.47 Å². The minimum absolute atomic E-state index is 0.248. The van der Waals surface area contributed by atoms with Gasteiger partial charge in [-0.15, -0.1) is 0 Å². The van der Waals surface area contributed by atoms with Crippen LogP contribution in [0.15, 0.2) is 0 Å². The maximum atomic E-state index is 6.08. The number of nitrogens with one attached hydrogen (secondary N) is 1. The Bertz CT molecular complexity index is 303. The molecule has 2 saturated heterocycles. The summed E-state index contributed by atoms with van der Waals surface area (Å²) in [5, 5.41) is 3.73. The third-order valence-corrected chi connectivity index (χ3v) is 5.54. The van der Waals surface area contributed by atoms with Crippen molar-refractivity contribution >= 4 is 0 Å². The fourth-order valence-electron chi connectivity index (χ4n) is 4.25. The van der Waals surface area contributed by atoms with Crippen molar-refractivity contribution in [2.75, 3.05) is 19.8 Å². The largest absolute Gasteiger partial charge is 0.376 e. The summed E-state index contributed by atoms with van der Waals surface area (Å²) in [4.78, 5) is 0. The van der Waals surface area contributed by atoms with E-state index < -0.39 is 0 Å². The van der Waals surface area contributed by atoms with Crippen molar-refractivity contribution in [1.29, 1.82) is 0 Å². The first-order chi connectivity index (χ1) is 9.24. The Morgan fingerprint density at radius 3 is 2.68 bits per heavy atom. The van der Waals surface area contributed by atoms with Crippen LogP contribution in [0.2, 0.25) is 0 Å². The van der Waals surface area contributed by atoms with Crippen molar-refractivity contribution in [3.05, 3.63) is 0 Å². The van der Waals surface area contributed by atoms with Gasteiger partial charge in [0.1, 0.15) is 0 Å². The SMILES string of the molecule is CCNC(C1CCOC2(CCC2)C1)C1OCCC1C. The van der Waals surface area contributed by atoms with Gasteiger partial charge in [0.25, 0.3) is 0 Å². The van der Waals surface area contributed by atoms with E-state index in [0.29, 0.717) is 18.1 Å². The summed E-state index contributed by atoms with van der Waals surface area (Å²) in [5.74, 6) is 1.43. The fourth-order valence-corrected chi connectivity index (χ4v) is 4.25. The third kappa shape index (κ3) is 2.70. The molecular weight excluding hydrogens is 238 g/mol. The maximum Gasteiger partial charge on any atom is 0.0757 e. The molecule has 3 fully saturated rings. The molecule has 0 aromatic heterocycles. The summed E-state index contributed by atoms with van der Waals surface area (Å²) in [6.07, 6.45) is 8.01. The zero-order valence-electron chi connectivity index (χ0n) is 12.5. The van der Waals surface area contributed by atoms with Gasteiger partial charge in [0.2, 0.25) is 0 Å². The highest BCUT2D eigenvalue weighted by Crippen LogP contribution is 2.46. The van der Waals surface area contributed by atoms with Crippen LogP contribution in [0.1, 0.15) is 52.4 Å². The van der Waals surface area contributed by atoms with Crippen LogP contribution in [0.5, 0.6) is 0 Å². The van der Waals surface area contributed by atoms with E-state index in [1.54, 1.807) is 0 Å². The van der Waals surface area contributed by atoms with Gasteiger partial charge in [-0.1, -0.05) is 13.8 Å². The zero-order chi connectivity index (χ0) is 13.3.